The molecule has 0 aliphatic carbocycles. The molecule has 1 aromatic carbocycles. The number of aromatic nitrogens is 1. The smallest absolute Gasteiger partial charge is 0.255 e. The van der Waals surface area contributed by atoms with E-state index in [0.717, 1.165) is 63.6 Å². The Kier molecular flexibility index (Phi) is 5.25. The Balaban J connectivity index is 1.36. The summed E-state index contributed by atoms with van der Waals surface area (Å²) in [4.78, 5) is 23.5. The van der Waals surface area contributed by atoms with E-state index in [4.69, 9.17) is 0 Å². The third-order valence-electron chi connectivity index (χ3n) is 5.41. The van der Waals surface area contributed by atoms with Crippen LogP contribution >= 0.6 is 0 Å². The Morgan fingerprint density at radius 3 is 2.26 bits per heavy atom. The van der Waals surface area contributed by atoms with Gasteiger partial charge in [0.15, 0.2) is 0 Å². The highest BCUT2D eigenvalue weighted by molar-refractivity contribution is 5.94. The predicted molar refractivity (Wildman–Crippen MR) is 109 cm³/mol. The lowest BCUT2D eigenvalue weighted by Crippen LogP contribution is -2.44. The summed E-state index contributed by atoms with van der Waals surface area (Å²) in [7, 11) is 2.17. The number of piperazine rings is 1. The molecule has 27 heavy (non-hydrogen) atoms. The van der Waals surface area contributed by atoms with E-state index in [1.807, 2.05) is 17.0 Å². The molecule has 3 heterocycles. The molecule has 0 saturated carbocycles. The Morgan fingerprint density at radius 1 is 0.926 bits per heavy atom. The first-order chi connectivity index (χ1) is 13.2. The van der Waals surface area contributed by atoms with Crippen molar-refractivity contribution in [1.82, 2.24) is 14.8 Å². The minimum Gasteiger partial charge on any atom is -0.369 e. The number of rotatable bonds is 4. The van der Waals surface area contributed by atoms with Crippen molar-refractivity contribution in [3.63, 3.8) is 0 Å². The maximum atomic E-state index is 12.4. The molecule has 6 heteroatoms. The fourth-order valence-electron chi connectivity index (χ4n) is 3.67. The molecule has 0 spiro atoms. The van der Waals surface area contributed by atoms with Crippen molar-refractivity contribution in [2.75, 3.05) is 56.5 Å². The lowest BCUT2D eigenvalue weighted by molar-refractivity contribution is 0.0792. The van der Waals surface area contributed by atoms with E-state index in [-0.39, 0.29) is 5.91 Å². The van der Waals surface area contributed by atoms with Gasteiger partial charge in [-0.25, -0.2) is 4.98 Å². The van der Waals surface area contributed by atoms with Crippen molar-refractivity contribution in [3.05, 3.63) is 48.2 Å². The third kappa shape index (κ3) is 4.22. The first kappa shape index (κ1) is 17.8. The number of nitrogens with zero attached hydrogens (tertiary/aromatic N) is 4. The van der Waals surface area contributed by atoms with E-state index in [1.54, 1.807) is 6.20 Å². The lowest BCUT2D eigenvalue weighted by atomic mass is 10.2. The molecule has 2 aromatic rings. The lowest BCUT2D eigenvalue weighted by Gasteiger charge is -2.34. The van der Waals surface area contributed by atoms with E-state index in [9.17, 15) is 4.79 Å². The van der Waals surface area contributed by atoms with Gasteiger partial charge in [0.2, 0.25) is 0 Å². The topological polar surface area (TPSA) is 51.7 Å². The molecule has 2 saturated heterocycles. The van der Waals surface area contributed by atoms with Gasteiger partial charge in [-0.3, -0.25) is 4.79 Å². The Labute approximate surface area is 160 Å². The van der Waals surface area contributed by atoms with E-state index >= 15 is 0 Å². The molecule has 6 nitrogen and oxygen atoms in total. The Hall–Kier alpha value is -2.60. The van der Waals surface area contributed by atoms with E-state index in [1.165, 1.54) is 5.69 Å². The molecule has 2 fully saturated rings. The second-order valence-electron chi connectivity index (χ2n) is 7.39. The van der Waals surface area contributed by atoms with Crippen LogP contribution in [0.4, 0.5) is 17.2 Å². The molecule has 1 amide bonds. The van der Waals surface area contributed by atoms with E-state index in [0.29, 0.717) is 5.56 Å². The number of anilines is 3. The van der Waals surface area contributed by atoms with Gasteiger partial charge in [-0.2, -0.15) is 0 Å². The molecule has 0 unspecified atom stereocenters. The van der Waals surface area contributed by atoms with Gasteiger partial charge in [0.25, 0.3) is 5.91 Å². The van der Waals surface area contributed by atoms with Gasteiger partial charge < -0.3 is 20.0 Å². The van der Waals surface area contributed by atoms with Crippen LogP contribution in [-0.4, -0.2) is 67.0 Å². The molecule has 2 aliphatic rings. The van der Waals surface area contributed by atoms with Crippen LogP contribution < -0.4 is 10.2 Å². The quantitative estimate of drug-likeness (QED) is 0.903. The summed E-state index contributed by atoms with van der Waals surface area (Å²) >= 11 is 0. The van der Waals surface area contributed by atoms with Crippen LogP contribution in [-0.2, 0) is 0 Å². The number of pyridine rings is 1. The van der Waals surface area contributed by atoms with Gasteiger partial charge in [-0.15, -0.1) is 0 Å². The van der Waals surface area contributed by atoms with Crippen LogP contribution in [0.3, 0.4) is 0 Å². The summed E-state index contributed by atoms with van der Waals surface area (Å²) in [5, 5.41) is 3.31. The van der Waals surface area contributed by atoms with Gasteiger partial charge in [0.1, 0.15) is 5.82 Å². The molecule has 1 aromatic heterocycles. The van der Waals surface area contributed by atoms with Crippen LogP contribution in [0.2, 0.25) is 0 Å². The molecule has 0 radical (unpaired) electrons. The SMILES string of the molecule is CN1CCN(c2ccc(Nc3ccc(C(=O)N4CCCC4)cn3)cc2)CC1. The highest BCUT2D eigenvalue weighted by Gasteiger charge is 2.19. The first-order valence-corrected chi connectivity index (χ1v) is 9.75. The van der Waals surface area contributed by atoms with Crippen molar-refractivity contribution in [2.24, 2.45) is 0 Å². The van der Waals surface area contributed by atoms with Gasteiger partial charge in [0, 0.05) is 56.8 Å². The molecule has 4 rings (SSSR count). The van der Waals surface area contributed by atoms with Gasteiger partial charge in [-0.05, 0) is 56.3 Å². The molecule has 142 valence electrons. The number of likely N-dealkylation sites (N-methyl/N-ethyl adjacent to an activating group) is 1. The largest absolute Gasteiger partial charge is 0.369 e. The van der Waals surface area contributed by atoms with Gasteiger partial charge in [-0.1, -0.05) is 0 Å². The third-order valence-corrected chi connectivity index (χ3v) is 5.41. The minimum absolute atomic E-state index is 0.0862. The van der Waals surface area contributed by atoms with Crippen molar-refractivity contribution in [3.8, 4) is 0 Å². The van der Waals surface area contributed by atoms with Crippen molar-refractivity contribution >= 4 is 23.1 Å². The number of amides is 1. The zero-order valence-corrected chi connectivity index (χ0v) is 15.9. The number of hydrogen-bond acceptors (Lipinski definition) is 5. The number of hydrogen-bond donors (Lipinski definition) is 1. The van der Waals surface area contributed by atoms with Crippen LogP contribution in [0.1, 0.15) is 23.2 Å². The van der Waals surface area contributed by atoms with Crippen LogP contribution in [0.5, 0.6) is 0 Å². The van der Waals surface area contributed by atoms with Crippen molar-refractivity contribution < 1.29 is 4.79 Å². The molecule has 0 atom stereocenters. The number of benzene rings is 1. The molecule has 1 N–H and O–H groups in total. The second kappa shape index (κ2) is 7.96. The zero-order valence-electron chi connectivity index (χ0n) is 15.9. The van der Waals surface area contributed by atoms with Crippen LogP contribution in [0.15, 0.2) is 42.6 Å². The Morgan fingerprint density at radius 2 is 1.63 bits per heavy atom. The van der Waals surface area contributed by atoms with E-state index in [2.05, 4.69) is 51.4 Å². The van der Waals surface area contributed by atoms with Crippen molar-refractivity contribution in [2.45, 2.75) is 12.8 Å². The summed E-state index contributed by atoms with van der Waals surface area (Å²) in [5.41, 5.74) is 2.92. The zero-order chi connectivity index (χ0) is 18.6. The number of likely N-dealkylation sites (tertiary alicyclic amines) is 1. The van der Waals surface area contributed by atoms with E-state index < -0.39 is 0 Å². The number of carbonyl (C=O) groups excluding carboxylic acids is 1. The van der Waals surface area contributed by atoms with Gasteiger partial charge >= 0.3 is 0 Å². The normalized spacial score (nSPS) is 18.0. The summed E-state index contributed by atoms with van der Waals surface area (Å²) in [6.07, 6.45) is 3.87. The highest BCUT2D eigenvalue weighted by atomic mass is 16.2. The fraction of sp³-hybridized carbons (Fsp3) is 0.429. The fourth-order valence-corrected chi connectivity index (χ4v) is 3.67. The average Bonchev–Trinajstić information content (AvgIpc) is 3.24. The number of carbonyl (C=O) groups is 1. The molecular formula is C21H27N5O. The first-order valence-electron chi connectivity index (χ1n) is 9.75. The van der Waals surface area contributed by atoms with Crippen LogP contribution in [0.25, 0.3) is 0 Å². The summed E-state index contributed by atoms with van der Waals surface area (Å²) in [5.74, 6) is 0.836. The monoisotopic (exact) mass is 365 g/mol. The summed E-state index contributed by atoms with van der Waals surface area (Å²) in [6.45, 7) is 6.06. The standard InChI is InChI=1S/C21H27N5O/c1-24-12-14-25(15-13-24)19-7-5-18(6-8-19)23-20-9-4-17(16-22-20)21(27)26-10-2-3-11-26/h4-9,16H,2-3,10-15H2,1H3,(H,22,23). The average molecular weight is 365 g/mol. The summed E-state index contributed by atoms with van der Waals surface area (Å²) in [6, 6.07) is 12.2. The van der Waals surface area contributed by atoms with Gasteiger partial charge in [0.05, 0.1) is 5.56 Å². The Bertz CT molecular complexity index is 760. The van der Waals surface area contributed by atoms with Crippen molar-refractivity contribution in [1.29, 1.82) is 0 Å². The summed E-state index contributed by atoms with van der Waals surface area (Å²) < 4.78 is 0. The number of nitrogens with one attached hydrogen (secondary N) is 1. The predicted octanol–water partition coefficient (Wildman–Crippen LogP) is 2.81. The maximum Gasteiger partial charge on any atom is 0.255 e. The maximum absolute atomic E-state index is 12.4. The molecule has 0 bridgehead atoms. The van der Waals surface area contributed by atoms with Crippen LogP contribution in [0, 0.1) is 0 Å². The second-order valence-corrected chi connectivity index (χ2v) is 7.39. The molecule has 2 aliphatic heterocycles. The molecular weight excluding hydrogens is 338 g/mol. The minimum atomic E-state index is 0.0862. The highest BCUT2D eigenvalue weighted by Crippen LogP contribution is 2.22.